The lowest BCUT2D eigenvalue weighted by Gasteiger charge is -2.32. The Kier molecular flexibility index (Phi) is 9.93. The second-order valence-electron chi connectivity index (χ2n) is 13.3. The van der Waals surface area contributed by atoms with E-state index >= 15 is 0 Å². The average molecular weight is 671 g/mol. The van der Waals surface area contributed by atoms with E-state index in [0.29, 0.717) is 24.1 Å². The van der Waals surface area contributed by atoms with E-state index in [1.54, 1.807) is 31.4 Å². The number of halogens is 3. The molecule has 1 fully saturated rings. The molecular weight excluding hydrogens is 629 g/mol. The summed E-state index contributed by atoms with van der Waals surface area (Å²) >= 11 is 0. The fourth-order valence-electron chi connectivity index (χ4n) is 5.97. The third-order valence-electron chi connectivity index (χ3n) is 8.65. The topological polar surface area (TPSA) is 122 Å². The summed E-state index contributed by atoms with van der Waals surface area (Å²) in [6.07, 6.45) is -4.69. The van der Waals surface area contributed by atoms with E-state index in [-0.39, 0.29) is 43.9 Å². The molecule has 258 valence electrons. The molecule has 1 aliphatic heterocycles. The number of hydrogen-bond donors (Lipinski definition) is 3. The molecule has 3 N–H and O–H groups in total. The minimum atomic E-state index is -4.48. The fraction of sp³-hybridized carbons (Fsp3) is 0.457. The van der Waals surface area contributed by atoms with E-state index in [9.17, 15) is 32.7 Å². The van der Waals surface area contributed by atoms with Crippen molar-refractivity contribution < 1.29 is 42.1 Å². The molecule has 0 bridgehead atoms. The van der Waals surface area contributed by atoms with Crippen molar-refractivity contribution in [1.29, 1.82) is 0 Å². The van der Waals surface area contributed by atoms with Gasteiger partial charge < -0.3 is 34.7 Å². The van der Waals surface area contributed by atoms with Crippen LogP contribution in [-0.4, -0.2) is 70.5 Å². The summed E-state index contributed by atoms with van der Waals surface area (Å²) in [5.74, 6) is -1.21. The maximum absolute atomic E-state index is 13.9. The number of amides is 2. The third-order valence-corrected chi connectivity index (χ3v) is 8.65. The highest BCUT2D eigenvalue weighted by Gasteiger charge is 2.45. The van der Waals surface area contributed by atoms with Gasteiger partial charge in [0, 0.05) is 25.2 Å². The van der Waals surface area contributed by atoms with Crippen molar-refractivity contribution in [2.75, 3.05) is 20.2 Å². The number of aromatic nitrogens is 1. The Balaban J connectivity index is 1.36. The molecule has 2 amide bonds. The van der Waals surface area contributed by atoms with Gasteiger partial charge >= 0.3 is 18.2 Å². The molecule has 13 heteroatoms. The van der Waals surface area contributed by atoms with E-state index in [1.165, 1.54) is 24.1 Å². The van der Waals surface area contributed by atoms with E-state index in [2.05, 4.69) is 10.6 Å². The van der Waals surface area contributed by atoms with Gasteiger partial charge in [-0.15, -0.1) is 0 Å². The standard InChI is InChI=1S/C35H41F3N4O6/c1-33(2,3)48-32(46)41-15-16-42-27(19-25(28(42)21-41)31(45)47-4)30(44)40-26(17-22-9-6-5-7-10-22)29(43)20-39-34(13-14-34)23-11-8-12-24(18-23)35(36,37)38/h5-12,18-19,26,29,39,43H,13-17,20-21H2,1-4H3,(H,40,44)/t26-,29-/m0/s1. The minimum absolute atomic E-state index is 0.00144. The van der Waals surface area contributed by atoms with Crippen LogP contribution in [0.15, 0.2) is 60.7 Å². The molecule has 2 aliphatic rings. The number of aliphatic hydroxyl groups is 1. The van der Waals surface area contributed by atoms with Crippen molar-refractivity contribution in [3.63, 3.8) is 0 Å². The van der Waals surface area contributed by atoms with Crippen LogP contribution in [0.1, 0.15) is 76.8 Å². The molecule has 10 nitrogen and oxygen atoms in total. The minimum Gasteiger partial charge on any atom is -0.465 e. The van der Waals surface area contributed by atoms with Crippen LogP contribution >= 0.6 is 0 Å². The van der Waals surface area contributed by atoms with Crippen molar-refractivity contribution in [3.05, 3.63) is 94.3 Å². The molecule has 1 saturated carbocycles. The second kappa shape index (κ2) is 13.6. The first-order chi connectivity index (χ1) is 22.6. The molecule has 1 aliphatic carbocycles. The predicted octanol–water partition coefficient (Wildman–Crippen LogP) is 5.03. The predicted molar refractivity (Wildman–Crippen MR) is 170 cm³/mol. The number of esters is 1. The van der Waals surface area contributed by atoms with Gasteiger partial charge in [-0.3, -0.25) is 4.79 Å². The number of hydrogen-bond acceptors (Lipinski definition) is 7. The first-order valence-electron chi connectivity index (χ1n) is 15.8. The molecule has 0 unspecified atom stereocenters. The molecule has 5 rings (SSSR count). The number of nitrogens with zero attached hydrogens (tertiary/aromatic N) is 2. The van der Waals surface area contributed by atoms with Crippen LogP contribution in [0.25, 0.3) is 0 Å². The summed E-state index contributed by atoms with van der Waals surface area (Å²) < 4.78 is 52.3. The number of fused-ring (bicyclic) bond motifs is 1. The molecule has 0 saturated heterocycles. The zero-order valence-electron chi connectivity index (χ0n) is 27.4. The van der Waals surface area contributed by atoms with Gasteiger partial charge in [-0.2, -0.15) is 13.2 Å². The highest BCUT2D eigenvalue weighted by molar-refractivity contribution is 5.98. The summed E-state index contributed by atoms with van der Waals surface area (Å²) in [6, 6.07) is 15.1. The molecular formula is C35H41F3N4O6. The maximum atomic E-state index is 13.9. The Bertz CT molecular complexity index is 1650. The molecule has 48 heavy (non-hydrogen) atoms. The van der Waals surface area contributed by atoms with Gasteiger partial charge in [0.1, 0.15) is 11.3 Å². The Hall–Kier alpha value is -4.36. The van der Waals surface area contributed by atoms with Gasteiger partial charge in [0.15, 0.2) is 0 Å². The molecule has 2 aromatic carbocycles. The van der Waals surface area contributed by atoms with Crippen molar-refractivity contribution >= 4 is 18.0 Å². The number of carbonyl (C=O) groups is 3. The summed E-state index contributed by atoms with van der Waals surface area (Å²) in [7, 11) is 1.23. The van der Waals surface area contributed by atoms with E-state index in [4.69, 9.17) is 9.47 Å². The van der Waals surface area contributed by atoms with Crippen LogP contribution in [0.2, 0.25) is 0 Å². The van der Waals surface area contributed by atoms with Gasteiger partial charge in [-0.25, -0.2) is 9.59 Å². The van der Waals surface area contributed by atoms with Crippen LogP contribution in [-0.2, 0) is 40.7 Å². The van der Waals surface area contributed by atoms with Crippen molar-refractivity contribution in [2.45, 2.75) is 82.6 Å². The largest absolute Gasteiger partial charge is 0.465 e. The normalized spacial score (nSPS) is 16.8. The Morgan fingerprint density at radius 1 is 1.00 bits per heavy atom. The SMILES string of the molecule is COC(=O)c1cc(C(=O)N[C@@H](Cc2ccccc2)[C@@H](O)CNC2(c3cccc(C(F)(F)F)c3)CC2)n2c1CN(C(=O)OC(C)(C)C)CC2. The summed E-state index contributed by atoms with van der Waals surface area (Å²) in [6.45, 7) is 5.72. The van der Waals surface area contributed by atoms with Gasteiger partial charge in [-0.1, -0.05) is 42.5 Å². The number of ether oxygens (including phenoxy) is 2. The third kappa shape index (κ3) is 8.01. The number of aliphatic hydroxyl groups excluding tert-OH is 1. The number of benzene rings is 2. The van der Waals surface area contributed by atoms with Crippen LogP contribution in [0.3, 0.4) is 0 Å². The number of nitrogens with one attached hydrogen (secondary N) is 2. The molecule has 2 atom stereocenters. The number of carbonyl (C=O) groups excluding carboxylic acids is 3. The van der Waals surface area contributed by atoms with Crippen molar-refractivity contribution in [2.24, 2.45) is 0 Å². The molecule has 0 radical (unpaired) electrons. The lowest BCUT2D eigenvalue weighted by atomic mass is 9.98. The quantitative estimate of drug-likeness (QED) is 0.259. The highest BCUT2D eigenvalue weighted by atomic mass is 19.4. The van der Waals surface area contributed by atoms with Crippen molar-refractivity contribution in [3.8, 4) is 0 Å². The van der Waals surface area contributed by atoms with E-state index in [0.717, 1.165) is 17.7 Å². The highest BCUT2D eigenvalue weighted by Crippen LogP contribution is 2.46. The van der Waals surface area contributed by atoms with Crippen LogP contribution in [0, 0.1) is 0 Å². The van der Waals surface area contributed by atoms with Gasteiger partial charge in [-0.05, 0) is 69.4 Å². The number of methoxy groups -OCH3 is 1. The van der Waals surface area contributed by atoms with Crippen LogP contribution < -0.4 is 10.6 Å². The lowest BCUT2D eigenvalue weighted by molar-refractivity contribution is -0.137. The lowest BCUT2D eigenvalue weighted by Crippen LogP contribution is -2.50. The first-order valence-corrected chi connectivity index (χ1v) is 15.8. The second-order valence-corrected chi connectivity index (χ2v) is 13.3. The Morgan fingerprint density at radius 2 is 1.71 bits per heavy atom. The number of rotatable bonds is 10. The zero-order chi connectivity index (χ0) is 34.9. The van der Waals surface area contributed by atoms with E-state index < -0.39 is 53.0 Å². The van der Waals surface area contributed by atoms with Crippen molar-refractivity contribution in [1.82, 2.24) is 20.1 Å². The molecule has 1 aromatic heterocycles. The van der Waals surface area contributed by atoms with E-state index in [1.807, 2.05) is 30.3 Å². The average Bonchev–Trinajstić information content (AvgIpc) is 3.74. The molecule has 3 aromatic rings. The monoisotopic (exact) mass is 670 g/mol. The molecule has 2 heterocycles. The van der Waals surface area contributed by atoms with Gasteiger partial charge in [0.2, 0.25) is 0 Å². The Labute approximate surface area is 277 Å². The summed E-state index contributed by atoms with van der Waals surface area (Å²) in [5.41, 5.74) is -0.113. The van der Waals surface area contributed by atoms with Gasteiger partial charge in [0.05, 0.1) is 42.6 Å². The number of alkyl halides is 3. The maximum Gasteiger partial charge on any atom is 0.416 e. The zero-order valence-corrected chi connectivity index (χ0v) is 27.4. The van der Waals surface area contributed by atoms with Crippen LogP contribution in [0.5, 0.6) is 0 Å². The summed E-state index contributed by atoms with van der Waals surface area (Å²) in [4.78, 5) is 40.9. The Morgan fingerprint density at radius 3 is 2.33 bits per heavy atom. The van der Waals surface area contributed by atoms with Crippen LogP contribution in [0.4, 0.5) is 18.0 Å². The first kappa shape index (κ1) is 35.0. The fourth-order valence-corrected chi connectivity index (χ4v) is 5.97. The smallest absolute Gasteiger partial charge is 0.416 e. The van der Waals surface area contributed by atoms with Gasteiger partial charge in [0.25, 0.3) is 5.91 Å². The summed E-state index contributed by atoms with van der Waals surface area (Å²) in [5, 5.41) is 17.7. The molecule has 0 spiro atoms.